The molecule has 0 aromatic carbocycles. The number of piperidine rings is 1. The van der Waals surface area contributed by atoms with Gasteiger partial charge in [-0.2, -0.15) is 0 Å². The van der Waals surface area contributed by atoms with E-state index < -0.39 is 6.04 Å². The molecule has 1 fully saturated rings. The number of carbonyl (C=O) groups excluding carboxylic acids is 2. The molecule has 2 aromatic heterocycles. The van der Waals surface area contributed by atoms with E-state index in [1.54, 1.807) is 6.26 Å². The first-order valence-corrected chi connectivity index (χ1v) is 11.5. The average Bonchev–Trinajstić information content (AvgIpc) is 3.35. The summed E-state index contributed by atoms with van der Waals surface area (Å²) in [5.41, 5.74) is 0. The third-order valence-electron chi connectivity index (χ3n) is 5.41. The topological polar surface area (TPSA) is 93.3 Å². The van der Waals surface area contributed by atoms with E-state index in [4.69, 9.17) is 4.42 Å². The summed E-state index contributed by atoms with van der Waals surface area (Å²) in [5.74, 6) is 2.33. The summed E-state index contributed by atoms with van der Waals surface area (Å²) in [6, 6.07) is 3.31. The molecule has 3 heterocycles. The molecule has 1 amide bonds. The number of rotatable bonds is 9. The summed E-state index contributed by atoms with van der Waals surface area (Å²) in [6.45, 7) is 10.0. The molecule has 1 unspecified atom stereocenters. The minimum Gasteiger partial charge on any atom is -0.467 e. The highest BCUT2D eigenvalue weighted by Gasteiger charge is 2.25. The molecule has 0 spiro atoms. The molecule has 0 radical (unpaired) electrons. The monoisotopic (exact) mass is 433 g/mol. The molecular formula is C21H31N5O3S. The Labute approximate surface area is 181 Å². The standard InChI is InChI=1S/C21H31N5O3S/c1-14(2)19(16(4)27)22-18(28)13-30-21-24-23-20(25-9-7-15(3)8-10-25)26(21)12-17-6-5-11-29-17/h5-6,11,14-15,19H,7-10,12-13H2,1-4H3,(H,22,28). The molecule has 1 saturated heterocycles. The lowest BCUT2D eigenvalue weighted by atomic mass is 10.00. The minimum absolute atomic E-state index is 0.0362. The van der Waals surface area contributed by atoms with Crippen LogP contribution < -0.4 is 10.2 Å². The van der Waals surface area contributed by atoms with Crippen LogP contribution >= 0.6 is 11.8 Å². The predicted octanol–water partition coefficient (Wildman–Crippen LogP) is 2.98. The number of ketones is 1. The third-order valence-corrected chi connectivity index (χ3v) is 6.38. The van der Waals surface area contributed by atoms with E-state index in [1.807, 2.05) is 30.5 Å². The van der Waals surface area contributed by atoms with E-state index in [0.29, 0.717) is 11.7 Å². The van der Waals surface area contributed by atoms with Crippen molar-refractivity contribution in [1.29, 1.82) is 0 Å². The number of anilines is 1. The van der Waals surface area contributed by atoms with Gasteiger partial charge in [-0.25, -0.2) is 0 Å². The maximum atomic E-state index is 12.4. The molecule has 164 valence electrons. The van der Waals surface area contributed by atoms with Crippen LogP contribution in [0.25, 0.3) is 0 Å². The number of aromatic nitrogens is 3. The van der Waals surface area contributed by atoms with Crippen molar-refractivity contribution in [1.82, 2.24) is 20.1 Å². The summed E-state index contributed by atoms with van der Waals surface area (Å²) in [6.07, 6.45) is 3.90. The number of nitrogens with one attached hydrogen (secondary N) is 1. The van der Waals surface area contributed by atoms with Gasteiger partial charge in [-0.15, -0.1) is 10.2 Å². The predicted molar refractivity (Wildman–Crippen MR) is 117 cm³/mol. The fourth-order valence-corrected chi connectivity index (χ4v) is 4.35. The molecule has 8 nitrogen and oxygen atoms in total. The average molecular weight is 434 g/mol. The maximum Gasteiger partial charge on any atom is 0.231 e. The molecule has 3 rings (SSSR count). The number of hydrogen-bond acceptors (Lipinski definition) is 7. The smallest absolute Gasteiger partial charge is 0.231 e. The Hall–Kier alpha value is -2.29. The summed E-state index contributed by atoms with van der Waals surface area (Å²) in [4.78, 5) is 26.5. The highest BCUT2D eigenvalue weighted by molar-refractivity contribution is 7.99. The van der Waals surface area contributed by atoms with Gasteiger partial charge in [0.15, 0.2) is 10.9 Å². The Morgan fingerprint density at radius 2 is 2.03 bits per heavy atom. The normalized spacial score (nSPS) is 16.1. The quantitative estimate of drug-likeness (QED) is 0.608. The van der Waals surface area contributed by atoms with Gasteiger partial charge in [0.05, 0.1) is 24.6 Å². The molecule has 2 aromatic rings. The maximum absolute atomic E-state index is 12.4. The number of carbonyl (C=O) groups is 2. The van der Waals surface area contributed by atoms with Crippen LogP contribution in [-0.2, 0) is 16.1 Å². The lowest BCUT2D eigenvalue weighted by molar-refractivity contribution is -0.126. The van der Waals surface area contributed by atoms with Crippen molar-refractivity contribution in [2.45, 2.75) is 58.3 Å². The molecule has 30 heavy (non-hydrogen) atoms. The Balaban J connectivity index is 1.72. The Morgan fingerprint density at radius 1 is 1.30 bits per heavy atom. The zero-order valence-corrected chi connectivity index (χ0v) is 18.9. The zero-order valence-electron chi connectivity index (χ0n) is 18.1. The van der Waals surface area contributed by atoms with Gasteiger partial charge in [-0.1, -0.05) is 32.5 Å². The third kappa shape index (κ3) is 5.65. The summed E-state index contributed by atoms with van der Waals surface area (Å²) in [5, 5.41) is 12.3. The lowest BCUT2D eigenvalue weighted by Crippen LogP contribution is -2.44. The molecule has 0 bridgehead atoms. The fraction of sp³-hybridized carbons (Fsp3) is 0.619. The van der Waals surface area contributed by atoms with Crippen LogP contribution in [0.15, 0.2) is 28.0 Å². The minimum atomic E-state index is -0.468. The van der Waals surface area contributed by atoms with Crippen LogP contribution in [0.3, 0.4) is 0 Å². The lowest BCUT2D eigenvalue weighted by Gasteiger charge is -2.31. The van der Waals surface area contributed by atoms with Crippen LogP contribution in [-0.4, -0.2) is 51.3 Å². The van der Waals surface area contributed by atoms with Crippen molar-refractivity contribution in [3.8, 4) is 0 Å². The number of nitrogens with zero attached hydrogens (tertiary/aromatic N) is 4. The van der Waals surface area contributed by atoms with Crippen LogP contribution in [0, 0.1) is 11.8 Å². The van der Waals surface area contributed by atoms with Crippen molar-refractivity contribution in [3.63, 3.8) is 0 Å². The van der Waals surface area contributed by atoms with Crippen molar-refractivity contribution in [2.24, 2.45) is 11.8 Å². The van der Waals surface area contributed by atoms with Crippen LogP contribution in [0.2, 0.25) is 0 Å². The van der Waals surface area contributed by atoms with Crippen LogP contribution in [0.1, 0.15) is 46.3 Å². The second kappa shape index (κ2) is 10.1. The van der Waals surface area contributed by atoms with Gasteiger partial charge >= 0.3 is 0 Å². The van der Waals surface area contributed by atoms with Crippen LogP contribution in [0.4, 0.5) is 5.95 Å². The number of hydrogen-bond donors (Lipinski definition) is 1. The zero-order chi connectivity index (χ0) is 21.7. The summed E-state index contributed by atoms with van der Waals surface area (Å²) in [7, 11) is 0. The van der Waals surface area contributed by atoms with E-state index in [2.05, 4.69) is 27.3 Å². The molecule has 1 atom stereocenters. The van der Waals surface area contributed by atoms with Gasteiger partial charge < -0.3 is 14.6 Å². The molecule has 0 saturated carbocycles. The molecule has 9 heteroatoms. The summed E-state index contributed by atoms with van der Waals surface area (Å²) < 4.78 is 7.54. The Morgan fingerprint density at radius 3 is 2.63 bits per heavy atom. The van der Waals surface area contributed by atoms with Crippen molar-refractivity contribution in [3.05, 3.63) is 24.2 Å². The van der Waals surface area contributed by atoms with E-state index in [0.717, 1.165) is 43.6 Å². The SMILES string of the molecule is CC(=O)C(NC(=O)CSc1nnc(N2CCC(C)CC2)n1Cc1ccco1)C(C)C. The van der Waals surface area contributed by atoms with Crippen molar-refractivity contribution < 1.29 is 14.0 Å². The van der Waals surface area contributed by atoms with Crippen molar-refractivity contribution in [2.75, 3.05) is 23.7 Å². The van der Waals surface area contributed by atoms with Crippen molar-refractivity contribution >= 4 is 29.4 Å². The van der Waals surface area contributed by atoms with Gasteiger partial charge in [0.25, 0.3) is 0 Å². The number of thioether (sulfide) groups is 1. The van der Waals surface area contributed by atoms with Gasteiger partial charge in [-0.05, 0) is 43.7 Å². The first-order chi connectivity index (χ1) is 14.3. The van der Waals surface area contributed by atoms with E-state index in [-0.39, 0.29) is 23.4 Å². The Kier molecular flexibility index (Phi) is 7.58. The highest BCUT2D eigenvalue weighted by atomic mass is 32.2. The first kappa shape index (κ1) is 22.4. The second-order valence-corrected chi connectivity index (χ2v) is 9.25. The van der Waals surface area contributed by atoms with E-state index >= 15 is 0 Å². The van der Waals surface area contributed by atoms with Gasteiger partial charge in [0, 0.05) is 13.1 Å². The van der Waals surface area contributed by atoms with E-state index in [9.17, 15) is 9.59 Å². The van der Waals surface area contributed by atoms with Gasteiger partial charge in [0.1, 0.15) is 5.76 Å². The van der Waals surface area contributed by atoms with Crippen LogP contribution in [0.5, 0.6) is 0 Å². The fourth-order valence-electron chi connectivity index (χ4n) is 3.61. The molecule has 1 aliphatic heterocycles. The molecular weight excluding hydrogens is 402 g/mol. The van der Waals surface area contributed by atoms with E-state index in [1.165, 1.54) is 18.7 Å². The number of furan rings is 1. The Bertz CT molecular complexity index is 841. The highest BCUT2D eigenvalue weighted by Crippen LogP contribution is 2.27. The first-order valence-electron chi connectivity index (χ1n) is 10.5. The van der Waals surface area contributed by atoms with Gasteiger partial charge in [0.2, 0.25) is 11.9 Å². The molecule has 0 aliphatic carbocycles. The van der Waals surface area contributed by atoms with Gasteiger partial charge in [-0.3, -0.25) is 14.2 Å². The number of amides is 1. The molecule has 1 N–H and O–H groups in total. The number of Topliss-reactive ketones (excluding diaryl/α,β-unsaturated/α-hetero) is 1. The second-order valence-electron chi connectivity index (χ2n) is 8.31. The molecule has 1 aliphatic rings. The summed E-state index contributed by atoms with van der Waals surface area (Å²) >= 11 is 1.33. The largest absolute Gasteiger partial charge is 0.467 e.